The van der Waals surface area contributed by atoms with Crippen LogP contribution in [0.5, 0.6) is 5.75 Å². The van der Waals surface area contributed by atoms with E-state index in [9.17, 15) is 14.0 Å². The zero-order valence-electron chi connectivity index (χ0n) is 12.7. The van der Waals surface area contributed by atoms with Crippen LogP contribution in [0.25, 0.3) is 0 Å². The van der Waals surface area contributed by atoms with E-state index in [0.29, 0.717) is 11.4 Å². The average Bonchev–Trinajstić information content (AvgIpc) is 2.55. The number of carbonyl (C=O) groups is 2. The number of anilines is 1. The molecule has 0 spiro atoms. The smallest absolute Gasteiger partial charge is 0.338 e. The summed E-state index contributed by atoms with van der Waals surface area (Å²) in [5.41, 5.74) is 0.646. The maximum absolute atomic E-state index is 12.8. The van der Waals surface area contributed by atoms with Crippen molar-refractivity contribution in [1.29, 1.82) is 0 Å². The molecule has 1 N–H and O–H groups in total. The van der Waals surface area contributed by atoms with E-state index in [1.807, 2.05) is 0 Å². The molecule has 0 saturated carbocycles. The highest BCUT2D eigenvalue weighted by Gasteiger charge is 2.20. The second-order valence-corrected chi connectivity index (χ2v) is 4.74. The number of carbonyl (C=O) groups excluding carboxylic acids is 2. The van der Waals surface area contributed by atoms with Gasteiger partial charge in [-0.15, -0.1) is 0 Å². The first-order valence-corrected chi connectivity index (χ1v) is 6.91. The first-order valence-electron chi connectivity index (χ1n) is 6.91. The molecule has 0 heterocycles. The van der Waals surface area contributed by atoms with Crippen LogP contribution < -0.4 is 10.1 Å². The number of hydrogen-bond acceptors (Lipinski definition) is 4. The summed E-state index contributed by atoms with van der Waals surface area (Å²) in [6.45, 7) is 1.45. The molecule has 6 heteroatoms. The fourth-order valence-corrected chi connectivity index (χ4v) is 1.85. The number of hydrogen-bond donors (Lipinski definition) is 1. The monoisotopic (exact) mass is 317 g/mol. The van der Waals surface area contributed by atoms with Crippen LogP contribution in [0.2, 0.25) is 0 Å². The van der Waals surface area contributed by atoms with Gasteiger partial charge in [-0.05, 0) is 43.3 Å². The van der Waals surface area contributed by atoms with Gasteiger partial charge in [0, 0.05) is 0 Å². The van der Waals surface area contributed by atoms with E-state index >= 15 is 0 Å². The molecule has 0 aliphatic rings. The van der Waals surface area contributed by atoms with Gasteiger partial charge in [0.25, 0.3) is 5.91 Å². The molecule has 1 atom stereocenters. The Kier molecular flexibility index (Phi) is 5.30. The van der Waals surface area contributed by atoms with Gasteiger partial charge in [0.15, 0.2) is 6.10 Å². The Hall–Kier alpha value is -2.89. The molecule has 2 rings (SSSR count). The van der Waals surface area contributed by atoms with Crippen molar-refractivity contribution in [2.45, 2.75) is 13.0 Å². The number of amides is 1. The fraction of sp³-hybridized carbons (Fsp3) is 0.176. The van der Waals surface area contributed by atoms with Gasteiger partial charge >= 0.3 is 5.97 Å². The quantitative estimate of drug-likeness (QED) is 0.861. The lowest BCUT2D eigenvalue weighted by Crippen LogP contribution is -2.30. The molecule has 1 unspecified atom stereocenters. The molecule has 0 fully saturated rings. The summed E-state index contributed by atoms with van der Waals surface area (Å²) in [6.07, 6.45) is -1.02. The summed E-state index contributed by atoms with van der Waals surface area (Å²) in [5.74, 6) is -1.15. The van der Waals surface area contributed by atoms with Crippen LogP contribution in [0.4, 0.5) is 10.1 Å². The molecule has 0 aliphatic carbocycles. The molecule has 1 amide bonds. The highest BCUT2D eigenvalue weighted by atomic mass is 19.1. The van der Waals surface area contributed by atoms with Gasteiger partial charge in [0.2, 0.25) is 0 Å². The molecule has 0 bridgehead atoms. The van der Waals surface area contributed by atoms with E-state index in [1.54, 1.807) is 24.3 Å². The van der Waals surface area contributed by atoms with Crippen molar-refractivity contribution in [1.82, 2.24) is 0 Å². The zero-order valence-corrected chi connectivity index (χ0v) is 12.7. The third-order valence-corrected chi connectivity index (χ3v) is 3.10. The Balaban J connectivity index is 1.99. The van der Waals surface area contributed by atoms with Crippen LogP contribution in [0.3, 0.4) is 0 Å². The zero-order chi connectivity index (χ0) is 16.8. The number of nitrogens with one attached hydrogen (secondary N) is 1. The first-order chi connectivity index (χ1) is 11.0. The molecule has 120 valence electrons. The Bertz CT molecular complexity index is 700. The molecule has 2 aromatic carbocycles. The second kappa shape index (κ2) is 7.40. The molecule has 0 saturated heterocycles. The van der Waals surface area contributed by atoms with Crippen LogP contribution in [0.15, 0.2) is 48.5 Å². The number of ether oxygens (including phenoxy) is 2. The Morgan fingerprint density at radius 2 is 1.74 bits per heavy atom. The predicted molar refractivity (Wildman–Crippen MR) is 82.9 cm³/mol. The van der Waals surface area contributed by atoms with Crippen molar-refractivity contribution in [3.05, 3.63) is 59.9 Å². The molecule has 2 aromatic rings. The van der Waals surface area contributed by atoms with Gasteiger partial charge in [0.1, 0.15) is 11.6 Å². The number of para-hydroxylation sites is 2. The number of methoxy groups -OCH3 is 1. The van der Waals surface area contributed by atoms with E-state index in [-0.39, 0.29) is 5.56 Å². The van der Waals surface area contributed by atoms with Gasteiger partial charge in [0.05, 0.1) is 18.4 Å². The van der Waals surface area contributed by atoms with E-state index in [0.717, 1.165) is 12.1 Å². The average molecular weight is 317 g/mol. The first kappa shape index (κ1) is 16.5. The summed E-state index contributed by atoms with van der Waals surface area (Å²) in [7, 11) is 1.49. The van der Waals surface area contributed by atoms with Gasteiger partial charge in [-0.3, -0.25) is 4.79 Å². The Morgan fingerprint density at radius 3 is 2.39 bits per heavy atom. The van der Waals surface area contributed by atoms with Gasteiger partial charge in [-0.2, -0.15) is 0 Å². The third-order valence-electron chi connectivity index (χ3n) is 3.10. The van der Waals surface area contributed by atoms with Crippen LogP contribution in [-0.2, 0) is 9.53 Å². The van der Waals surface area contributed by atoms with Crippen LogP contribution in [-0.4, -0.2) is 25.1 Å². The molecular weight excluding hydrogens is 301 g/mol. The summed E-state index contributed by atoms with van der Waals surface area (Å²) in [6, 6.07) is 11.8. The number of benzene rings is 2. The number of esters is 1. The van der Waals surface area contributed by atoms with Crippen molar-refractivity contribution in [3.63, 3.8) is 0 Å². The molecular formula is C17H16FNO4. The van der Waals surface area contributed by atoms with Crippen LogP contribution in [0.1, 0.15) is 17.3 Å². The molecule has 0 radical (unpaired) electrons. The molecule has 0 aromatic heterocycles. The van der Waals surface area contributed by atoms with Gasteiger partial charge < -0.3 is 14.8 Å². The van der Waals surface area contributed by atoms with Gasteiger partial charge in [-0.1, -0.05) is 12.1 Å². The van der Waals surface area contributed by atoms with Crippen molar-refractivity contribution >= 4 is 17.6 Å². The minimum atomic E-state index is -1.02. The standard InChI is InChI=1S/C17H16FNO4/c1-11(23-17(21)12-7-9-13(18)10-8-12)16(20)19-14-5-3-4-6-15(14)22-2/h3-11H,1-2H3,(H,19,20). The maximum atomic E-state index is 12.8. The van der Waals surface area contributed by atoms with Crippen molar-refractivity contribution in [2.24, 2.45) is 0 Å². The lowest BCUT2D eigenvalue weighted by Gasteiger charge is -2.15. The lowest BCUT2D eigenvalue weighted by molar-refractivity contribution is -0.123. The predicted octanol–water partition coefficient (Wildman–Crippen LogP) is 3.02. The highest BCUT2D eigenvalue weighted by Crippen LogP contribution is 2.23. The van der Waals surface area contributed by atoms with Crippen LogP contribution in [0, 0.1) is 5.82 Å². The largest absolute Gasteiger partial charge is 0.495 e. The fourth-order valence-electron chi connectivity index (χ4n) is 1.85. The Labute approximate surface area is 133 Å². The van der Waals surface area contributed by atoms with Crippen molar-refractivity contribution in [3.8, 4) is 5.75 Å². The highest BCUT2D eigenvalue weighted by molar-refractivity contribution is 5.98. The van der Waals surface area contributed by atoms with E-state index in [1.165, 1.54) is 26.2 Å². The number of halogens is 1. The third kappa shape index (κ3) is 4.29. The van der Waals surface area contributed by atoms with E-state index < -0.39 is 23.8 Å². The van der Waals surface area contributed by atoms with Crippen molar-refractivity contribution < 1.29 is 23.5 Å². The summed E-state index contributed by atoms with van der Waals surface area (Å²) in [4.78, 5) is 24.0. The minimum absolute atomic E-state index is 0.170. The summed E-state index contributed by atoms with van der Waals surface area (Å²) >= 11 is 0. The lowest BCUT2D eigenvalue weighted by atomic mass is 10.2. The van der Waals surface area contributed by atoms with E-state index in [4.69, 9.17) is 9.47 Å². The topological polar surface area (TPSA) is 64.6 Å². The minimum Gasteiger partial charge on any atom is -0.495 e. The van der Waals surface area contributed by atoms with Crippen LogP contribution >= 0.6 is 0 Å². The summed E-state index contributed by atoms with van der Waals surface area (Å²) < 4.78 is 23.0. The normalized spacial score (nSPS) is 11.4. The molecule has 23 heavy (non-hydrogen) atoms. The molecule has 0 aliphatic heterocycles. The van der Waals surface area contributed by atoms with E-state index in [2.05, 4.69) is 5.32 Å². The maximum Gasteiger partial charge on any atom is 0.338 e. The number of rotatable bonds is 5. The van der Waals surface area contributed by atoms with Gasteiger partial charge in [-0.25, -0.2) is 9.18 Å². The Morgan fingerprint density at radius 1 is 1.09 bits per heavy atom. The molecule has 5 nitrogen and oxygen atoms in total. The van der Waals surface area contributed by atoms with Crippen molar-refractivity contribution in [2.75, 3.05) is 12.4 Å². The summed E-state index contributed by atoms with van der Waals surface area (Å²) in [5, 5.41) is 2.63. The second-order valence-electron chi connectivity index (χ2n) is 4.74. The SMILES string of the molecule is COc1ccccc1NC(=O)C(C)OC(=O)c1ccc(F)cc1.